The first-order chi connectivity index (χ1) is 6.97. The van der Waals surface area contributed by atoms with Crippen molar-refractivity contribution >= 4 is 5.97 Å². The highest BCUT2D eigenvalue weighted by atomic mass is 16.5. The number of benzene rings is 1. The largest absolute Gasteiger partial charge is 0.468 e. The van der Waals surface area contributed by atoms with Gasteiger partial charge in [0.2, 0.25) is 0 Å². The van der Waals surface area contributed by atoms with Crippen LogP contribution >= 0.6 is 0 Å². The molecule has 0 aliphatic carbocycles. The predicted molar refractivity (Wildman–Crippen MR) is 59.6 cm³/mol. The number of hydrogen-bond donors (Lipinski definition) is 1. The molecule has 1 aromatic carbocycles. The van der Waals surface area contributed by atoms with E-state index in [9.17, 15) is 4.79 Å². The van der Waals surface area contributed by atoms with Crippen molar-refractivity contribution in [1.82, 2.24) is 0 Å². The van der Waals surface area contributed by atoms with Crippen molar-refractivity contribution < 1.29 is 9.53 Å². The van der Waals surface area contributed by atoms with Gasteiger partial charge in [-0.1, -0.05) is 17.7 Å². The van der Waals surface area contributed by atoms with Crippen molar-refractivity contribution in [2.45, 2.75) is 26.8 Å². The Balaban J connectivity index is 3.19. The van der Waals surface area contributed by atoms with Crippen LogP contribution in [0.25, 0.3) is 0 Å². The Morgan fingerprint density at radius 1 is 1.27 bits per heavy atom. The van der Waals surface area contributed by atoms with Crippen LogP contribution < -0.4 is 5.73 Å². The highest BCUT2D eigenvalue weighted by molar-refractivity contribution is 5.78. The molecule has 0 amide bonds. The van der Waals surface area contributed by atoms with Gasteiger partial charge < -0.3 is 10.5 Å². The molecular weight excluding hydrogens is 190 g/mol. The van der Waals surface area contributed by atoms with Gasteiger partial charge in [0.05, 0.1) is 7.11 Å². The maximum atomic E-state index is 11.4. The van der Waals surface area contributed by atoms with Crippen molar-refractivity contribution in [2.75, 3.05) is 7.11 Å². The van der Waals surface area contributed by atoms with Gasteiger partial charge in [-0.3, -0.25) is 4.79 Å². The van der Waals surface area contributed by atoms with Gasteiger partial charge in [-0.05, 0) is 37.5 Å². The van der Waals surface area contributed by atoms with Crippen LogP contribution in [0.15, 0.2) is 12.1 Å². The van der Waals surface area contributed by atoms with E-state index in [1.165, 1.54) is 12.7 Å². The van der Waals surface area contributed by atoms with E-state index in [-0.39, 0.29) is 0 Å². The Kier molecular flexibility index (Phi) is 3.48. The number of carbonyl (C=O) groups excluding carboxylic acids is 1. The van der Waals surface area contributed by atoms with Crippen molar-refractivity contribution in [2.24, 2.45) is 5.73 Å². The standard InChI is InChI=1S/C12H17NO2/c1-7-5-8(2)10(9(3)6-7)11(13)12(14)15-4/h5-6,11H,13H2,1-4H3/t11-/m1/s1. The van der Waals surface area contributed by atoms with Crippen LogP contribution in [0, 0.1) is 20.8 Å². The van der Waals surface area contributed by atoms with Gasteiger partial charge in [0.25, 0.3) is 0 Å². The van der Waals surface area contributed by atoms with Gasteiger partial charge in [-0.15, -0.1) is 0 Å². The third-order valence-electron chi connectivity index (χ3n) is 2.50. The van der Waals surface area contributed by atoms with E-state index >= 15 is 0 Å². The lowest BCUT2D eigenvalue weighted by atomic mass is 9.94. The normalized spacial score (nSPS) is 12.3. The van der Waals surface area contributed by atoms with Gasteiger partial charge >= 0.3 is 5.97 Å². The summed E-state index contributed by atoms with van der Waals surface area (Å²) < 4.78 is 4.64. The molecule has 82 valence electrons. The van der Waals surface area contributed by atoms with Crippen LogP contribution in [0.5, 0.6) is 0 Å². The fraction of sp³-hybridized carbons (Fsp3) is 0.417. The van der Waals surface area contributed by atoms with Crippen molar-refractivity contribution in [3.05, 3.63) is 34.4 Å². The Morgan fingerprint density at radius 3 is 2.13 bits per heavy atom. The Labute approximate surface area is 90.2 Å². The van der Waals surface area contributed by atoms with E-state index in [1.807, 2.05) is 32.9 Å². The van der Waals surface area contributed by atoms with Gasteiger partial charge in [0.15, 0.2) is 0 Å². The Hall–Kier alpha value is -1.35. The van der Waals surface area contributed by atoms with Crippen LogP contribution in [0.4, 0.5) is 0 Å². The van der Waals surface area contributed by atoms with Gasteiger partial charge in [0, 0.05) is 0 Å². The average Bonchev–Trinajstić information content (AvgIpc) is 2.14. The van der Waals surface area contributed by atoms with E-state index in [0.717, 1.165) is 16.7 Å². The average molecular weight is 207 g/mol. The molecule has 2 N–H and O–H groups in total. The summed E-state index contributed by atoms with van der Waals surface area (Å²) in [6.45, 7) is 5.93. The molecule has 1 rings (SSSR count). The molecule has 3 nitrogen and oxygen atoms in total. The third kappa shape index (κ3) is 2.36. The van der Waals surface area contributed by atoms with Crippen LogP contribution in [0.2, 0.25) is 0 Å². The van der Waals surface area contributed by atoms with Crippen molar-refractivity contribution in [3.8, 4) is 0 Å². The first kappa shape index (κ1) is 11.7. The minimum absolute atomic E-state index is 0.398. The molecule has 0 heterocycles. The molecular formula is C12H17NO2. The number of methoxy groups -OCH3 is 1. The minimum Gasteiger partial charge on any atom is -0.468 e. The van der Waals surface area contributed by atoms with Crippen LogP contribution in [-0.2, 0) is 9.53 Å². The smallest absolute Gasteiger partial charge is 0.327 e. The van der Waals surface area contributed by atoms with Crippen LogP contribution in [0.3, 0.4) is 0 Å². The summed E-state index contributed by atoms with van der Waals surface area (Å²) in [5.74, 6) is -0.398. The number of carbonyl (C=O) groups is 1. The highest BCUT2D eigenvalue weighted by Crippen LogP contribution is 2.22. The number of rotatable bonds is 2. The minimum atomic E-state index is -0.685. The lowest BCUT2D eigenvalue weighted by molar-refractivity contribution is -0.142. The molecule has 1 atom stereocenters. The number of aryl methyl sites for hydroxylation is 3. The van der Waals surface area contributed by atoms with E-state index in [2.05, 4.69) is 4.74 Å². The van der Waals surface area contributed by atoms with E-state index in [0.29, 0.717) is 0 Å². The van der Waals surface area contributed by atoms with Crippen LogP contribution in [-0.4, -0.2) is 13.1 Å². The summed E-state index contributed by atoms with van der Waals surface area (Å²) in [5, 5.41) is 0. The summed E-state index contributed by atoms with van der Waals surface area (Å²) in [6, 6.07) is 3.35. The topological polar surface area (TPSA) is 52.3 Å². The van der Waals surface area contributed by atoms with Crippen molar-refractivity contribution in [3.63, 3.8) is 0 Å². The lowest BCUT2D eigenvalue weighted by Gasteiger charge is -2.16. The summed E-state index contributed by atoms with van der Waals surface area (Å²) in [5.41, 5.74) is 9.93. The maximum absolute atomic E-state index is 11.4. The first-order valence-electron chi connectivity index (χ1n) is 4.88. The number of ether oxygens (including phenoxy) is 1. The second-order valence-corrected chi connectivity index (χ2v) is 3.81. The lowest BCUT2D eigenvalue weighted by Crippen LogP contribution is -2.24. The molecule has 0 spiro atoms. The summed E-state index contributed by atoms with van der Waals surface area (Å²) in [7, 11) is 1.35. The Bertz CT molecular complexity index is 362. The maximum Gasteiger partial charge on any atom is 0.327 e. The van der Waals surface area contributed by atoms with Gasteiger partial charge in [-0.25, -0.2) is 0 Å². The zero-order valence-electron chi connectivity index (χ0n) is 9.63. The molecule has 0 aliphatic rings. The van der Waals surface area contributed by atoms with Crippen LogP contribution in [0.1, 0.15) is 28.3 Å². The second kappa shape index (κ2) is 4.45. The molecule has 1 aromatic rings. The molecule has 0 fully saturated rings. The fourth-order valence-electron chi connectivity index (χ4n) is 1.93. The van der Waals surface area contributed by atoms with E-state index < -0.39 is 12.0 Å². The van der Waals surface area contributed by atoms with Gasteiger partial charge in [-0.2, -0.15) is 0 Å². The summed E-state index contributed by atoms with van der Waals surface area (Å²) in [4.78, 5) is 11.4. The SMILES string of the molecule is COC(=O)[C@H](N)c1c(C)cc(C)cc1C. The molecule has 0 radical (unpaired) electrons. The molecule has 15 heavy (non-hydrogen) atoms. The second-order valence-electron chi connectivity index (χ2n) is 3.81. The molecule has 0 saturated carbocycles. The molecule has 0 aliphatic heterocycles. The van der Waals surface area contributed by atoms with Crippen molar-refractivity contribution in [1.29, 1.82) is 0 Å². The van der Waals surface area contributed by atoms with Gasteiger partial charge in [0.1, 0.15) is 6.04 Å². The monoisotopic (exact) mass is 207 g/mol. The highest BCUT2D eigenvalue weighted by Gasteiger charge is 2.20. The first-order valence-corrected chi connectivity index (χ1v) is 4.88. The predicted octanol–water partition coefficient (Wildman–Crippen LogP) is 1.78. The molecule has 0 bridgehead atoms. The molecule has 0 unspecified atom stereocenters. The quantitative estimate of drug-likeness (QED) is 0.752. The fourth-order valence-corrected chi connectivity index (χ4v) is 1.93. The summed E-state index contributed by atoms with van der Waals surface area (Å²) in [6.07, 6.45) is 0. The molecule has 0 saturated heterocycles. The zero-order chi connectivity index (χ0) is 11.6. The number of hydrogen-bond acceptors (Lipinski definition) is 3. The zero-order valence-corrected chi connectivity index (χ0v) is 9.63. The Morgan fingerprint density at radius 2 is 1.73 bits per heavy atom. The summed E-state index contributed by atoms with van der Waals surface area (Å²) >= 11 is 0. The molecule has 0 aromatic heterocycles. The van der Waals surface area contributed by atoms with E-state index in [4.69, 9.17) is 5.73 Å². The van der Waals surface area contributed by atoms with E-state index in [1.54, 1.807) is 0 Å². The number of esters is 1. The third-order valence-corrected chi connectivity index (χ3v) is 2.50. The number of nitrogens with two attached hydrogens (primary N) is 1. The molecule has 3 heteroatoms.